The highest BCUT2D eigenvalue weighted by Crippen LogP contribution is 2.28. The first-order chi connectivity index (χ1) is 8.53. The van der Waals surface area contributed by atoms with Gasteiger partial charge in [0.2, 0.25) is 0 Å². The van der Waals surface area contributed by atoms with Crippen molar-refractivity contribution in [1.82, 2.24) is 0 Å². The van der Waals surface area contributed by atoms with E-state index in [1.54, 1.807) is 0 Å². The third kappa shape index (κ3) is 8.64. The molecule has 0 spiro atoms. The molecule has 0 rings (SSSR count). The smallest absolute Gasteiger partial charge is 0.00731 e. The lowest BCUT2D eigenvalue weighted by Gasteiger charge is -2.20. The van der Waals surface area contributed by atoms with Crippen LogP contribution < -0.4 is 0 Å². The van der Waals surface area contributed by atoms with Crippen LogP contribution in [0.5, 0.6) is 0 Å². The van der Waals surface area contributed by atoms with Gasteiger partial charge in [-0.3, -0.25) is 0 Å². The van der Waals surface area contributed by atoms with Crippen LogP contribution >= 0.6 is 0 Å². The lowest BCUT2D eigenvalue weighted by atomic mass is 9.86. The SMILES string of the molecule is C=C(C)CC(/C=C(\CCC(C)(C)C)C(=C)C)=C(C)C. The summed E-state index contributed by atoms with van der Waals surface area (Å²) in [5.41, 5.74) is 6.91. The number of rotatable bonds is 6. The molecule has 0 nitrogen and oxygen atoms in total. The minimum Gasteiger partial charge on any atom is -0.0998 e. The Kier molecular flexibility index (Phi) is 7.11. The fourth-order valence-electron chi connectivity index (χ4n) is 1.83. The lowest BCUT2D eigenvalue weighted by Crippen LogP contribution is -2.05. The van der Waals surface area contributed by atoms with Crippen molar-refractivity contribution in [2.24, 2.45) is 5.41 Å². The van der Waals surface area contributed by atoms with E-state index in [9.17, 15) is 0 Å². The van der Waals surface area contributed by atoms with Crippen molar-refractivity contribution in [2.45, 2.75) is 67.7 Å². The van der Waals surface area contributed by atoms with Gasteiger partial charge in [0.25, 0.3) is 0 Å². The number of allylic oxidation sites excluding steroid dienone is 6. The summed E-state index contributed by atoms with van der Waals surface area (Å²) in [5, 5.41) is 0. The van der Waals surface area contributed by atoms with Crippen LogP contribution in [0.3, 0.4) is 0 Å². The fourth-order valence-corrected chi connectivity index (χ4v) is 1.83. The molecule has 0 aliphatic heterocycles. The Hall–Kier alpha value is -1.04. The molecule has 0 aromatic carbocycles. The van der Waals surface area contributed by atoms with Crippen LogP contribution in [-0.2, 0) is 0 Å². The maximum Gasteiger partial charge on any atom is -0.00731 e. The zero-order valence-electron chi connectivity index (χ0n) is 14.1. The molecule has 0 saturated carbocycles. The molecule has 0 aromatic heterocycles. The average Bonchev–Trinajstić information content (AvgIpc) is 2.19. The average molecular weight is 260 g/mol. The van der Waals surface area contributed by atoms with Crippen LogP contribution in [0.25, 0.3) is 0 Å². The second kappa shape index (κ2) is 7.53. The van der Waals surface area contributed by atoms with Crippen molar-refractivity contribution in [3.05, 3.63) is 47.1 Å². The van der Waals surface area contributed by atoms with Gasteiger partial charge in [-0.1, -0.05) is 56.7 Å². The minimum atomic E-state index is 0.369. The zero-order chi connectivity index (χ0) is 15.2. The Morgan fingerprint density at radius 1 is 1.00 bits per heavy atom. The Labute approximate surface area is 121 Å². The Morgan fingerprint density at radius 2 is 1.53 bits per heavy atom. The van der Waals surface area contributed by atoms with Gasteiger partial charge in [-0.25, -0.2) is 0 Å². The third-order valence-electron chi connectivity index (χ3n) is 3.18. The largest absolute Gasteiger partial charge is 0.0998 e. The molecular formula is C19H32. The number of hydrogen-bond acceptors (Lipinski definition) is 0. The van der Waals surface area contributed by atoms with Crippen molar-refractivity contribution < 1.29 is 0 Å². The summed E-state index contributed by atoms with van der Waals surface area (Å²) in [7, 11) is 0. The van der Waals surface area contributed by atoms with Gasteiger partial charge in [0.15, 0.2) is 0 Å². The van der Waals surface area contributed by atoms with Crippen LogP contribution in [0.1, 0.15) is 67.7 Å². The molecule has 108 valence electrons. The molecule has 0 atom stereocenters. The highest BCUT2D eigenvalue weighted by molar-refractivity contribution is 5.38. The minimum absolute atomic E-state index is 0.369. The first-order valence-electron chi connectivity index (χ1n) is 7.20. The van der Waals surface area contributed by atoms with E-state index in [2.05, 4.69) is 67.7 Å². The van der Waals surface area contributed by atoms with E-state index >= 15 is 0 Å². The Balaban J connectivity index is 5.15. The van der Waals surface area contributed by atoms with Gasteiger partial charge >= 0.3 is 0 Å². The maximum absolute atomic E-state index is 4.13. The predicted molar refractivity (Wildman–Crippen MR) is 89.4 cm³/mol. The summed E-state index contributed by atoms with van der Waals surface area (Å²) in [6.07, 6.45) is 5.59. The van der Waals surface area contributed by atoms with E-state index in [0.29, 0.717) is 5.41 Å². The quantitative estimate of drug-likeness (QED) is 0.372. The molecule has 0 N–H and O–H groups in total. The molecule has 19 heavy (non-hydrogen) atoms. The summed E-state index contributed by atoms with van der Waals surface area (Å²) in [4.78, 5) is 0. The standard InChI is InChI=1S/C19H32/c1-14(2)12-18(16(5)6)13-17(15(3)4)10-11-19(7,8)9/h13H,1,3,10-12H2,2,4-9H3/b17-13+. The van der Waals surface area contributed by atoms with Gasteiger partial charge in [0.05, 0.1) is 0 Å². The summed E-state index contributed by atoms with van der Waals surface area (Å²) in [5.74, 6) is 0. The molecule has 0 aliphatic rings. The zero-order valence-corrected chi connectivity index (χ0v) is 14.1. The predicted octanol–water partition coefficient (Wildman–Crippen LogP) is 6.62. The molecular weight excluding hydrogens is 228 g/mol. The first kappa shape index (κ1) is 18.0. The van der Waals surface area contributed by atoms with E-state index in [-0.39, 0.29) is 0 Å². The number of hydrogen-bond donors (Lipinski definition) is 0. The van der Waals surface area contributed by atoms with Crippen molar-refractivity contribution in [3.63, 3.8) is 0 Å². The van der Waals surface area contributed by atoms with E-state index in [1.807, 2.05) is 0 Å². The molecule has 0 fully saturated rings. The van der Waals surface area contributed by atoms with Gasteiger partial charge in [-0.15, -0.1) is 0 Å². The molecule has 0 amide bonds. The van der Waals surface area contributed by atoms with Crippen LogP contribution in [0.15, 0.2) is 47.1 Å². The van der Waals surface area contributed by atoms with Crippen molar-refractivity contribution in [1.29, 1.82) is 0 Å². The van der Waals surface area contributed by atoms with Crippen molar-refractivity contribution >= 4 is 0 Å². The third-order valence-corrected chi connectivity index (χ3v) is 3.18. The molecule has 0 aliphatic carbocycles. The van der Waals surface area contributed by atoms with E-state index in [4.69, 9.17) is 0 Å². The van der Waals surface area contributed by atoms with Gasteiger partial charge in [-0.05, 0) is 63.5 Å². The van der Waals surface area contributed by atoms with Crippen LogP contribution in [0.4, 0.5) is 0 Å². The Morgan fingerprint density at radius 3 is 1.84 bits per heavy atom. The highest BCUT2D eigenvalue weighted by Gasteiger charge is 2.12. The lowest BCUT2D eigenvalue weighted by molar-refractivity contribution is 0.378. The summed E-state index contributed by atoms with van der Waals surface area (Å²) < 4.78 is 0. The second-order valence-electron chi connectivity index (χ2n) is 7.17. The van der Waals surface area contributed by atoms with Crippen molar-refractivity contribution in [3.8, 4) is 0 Å². The Bertz CT molecular complexity index is 390. The normalized spacial score (nSPS) is 12.3. The monoisotopic (exact) mass is 260 g/mol. The topological polar surface area (TPSA) is 0 Å². The van der Waals surface area contributed by atoms with E-state index in [1.165, 1.54) is 34.3 Å². The highest BCUT2D eigenvalue weighted by atomic mass is 14.2. The van der Waals surface area contributed by atoms with E-state index in [0.717, 1.165) is 12.8 Å². The fraction of sp³-hybridized carbons (Fsp3) is 0.579. The first-order valence-corrected chi connectivity index (χ1v) is 7.20. The molecule has 0 saturated heterocycles. The molecule has 0 heteroatoms. The van der Waals surface area contributed by atoms with Gasteiger partial charge in [-0.2, -0.15) is 0 Å². The second-order valence-corrected chi connectivity index (χ2v) is 7.17. The molecule has 0 aromatic rings. The van der Waals surface area contributed by atoms with Crippen LogP contribution in [0, 0.1) is 5.41 Å². The maximum atomic E-state index is 4.13. The van der Waals surface area contributed by atoms with Crippen molar-refractivity contribution in [2.75, 3.05) is 0 Å². The molecule has 0 unspecified atom stereocenters. The van der Waals surface area contributed by atoms with Gasteiger partial charge < -0.3 is 0 Å². The molecule has 0 radical (unpaired) electrons. The van der Waals surface area contributed by atoms with Crippen LogP contribution in [-0.4, -0.2) is 0 Å². The van der Waals surface area contributed by atoms with Crippen LogP contribution in [0.2, 0.25) is 0 Å². The summed E-state index contributed by atoms with van der Waals surface area (Å²) in [6.45, 7) is 23.6. The summed E-state index contributed by atoms with van der Waals surface area (Å²) >= 11 is 0. The van der Waals surface area contributed by atoms with Gasteiger partial charge in [0.1, 0.15) is 0 Å². The van der Waals surface area contributed by atoms with Gasteiger partial charge in [0, 0.05) is 0 Å². The summed E-state index contributed by atoms with van der Waals surface area (Å²) in [6, 6.07) is 0. The van der Waals surface area contributed by atoms with E-state index < -0.39 is 0 Å². The molecule has 0 bridgehead atoms. The molecule has 0 heterocycles.